The van der Waals surface area contributed by atoms with Gasteiger partial charge in [0, 0.05) is 43.4 Å². The van der Waals surface area contributed by atoms with Crippen LogP contribution in [-0.2, 0) is 0 Å². The molecule has 0 radical (unpaired) electrons. The third-order valence-electron chi connectivity index (χ3n) is 9.56. The van der Waals surface area contributed by atoms with Gasteiger partial charge in [0.05, 0.1) is 12.4 Å². The summed E-state index contributed by atoms with van der Waals surface area (Å²) in [5, 5.41) is 5.43. The van der Waals surface area contributed by atoms with E-state index < -0.39 is 18.1 Å². The minimum Gasteiger partial charge on any atom is -0.456 e. The highest BCUT2D eigenvalue weighted by Crippen LogP contribution is 2.41. The van der Waals surface area contributed by atoms with E-state index in [1.54, 1.807) is 12.1 Å². The van der Waals surface area contributed by atoms with Gasteiger partial charge in [0.15, 0.2) is 17.2 Å². The molecule has 0 aliphatic carbocycles. The van der Waals surface area contributed by atoms with E-state index in [-0.39, 0.29) is 17.6 Å². The Morgan fingerprint density at radius 3 is 2.10 bits per heavy atom. The maximum absolute atomic E-state index is 8.67. The fraction of sp³-hybridized carbons (Fsp3) is 0. The van der Waals surface area contributed by atoms with E-state index in [0.29, 0.717) is 45.3 Å². The van der Waals surface area contributed by atoms with E-state index >= 15 is 0 Å². The van der Waals surface area contributed by atoms with Crippen molar-refractivity contribution in [2.24, 2.45) is 0 Å². The number of rotatable bonds is 4. The number of benzene rings is 7. The molecule has 4 heterocycles. The smallest absolute Gasteiger partial charge is 0.238 e. The predicted octanol–water partition coefficient (Wildman–Crippen LogP) is 11.8. The van der Waals surface area contributed by atoms with Crippen LogP contribution in [0, 0.1) is 0 Å². The summed E-state index contributed by atoms with van der Waals surface area (Å²) in [4.78, 5) is 15.3. The van der Waals surface area contributed by atoms with Crippen LogP contribution < -0.4 is 0 Å². The van der Waals surface area contributed by atoms with Gasteiger partial charge in [-0.25, -0.2) is 4.98 Å². The Morgan fingerprint density at radius 2 is 1.22 bits per heavy atom. The fourth-order valence-corrected chi connectivity index (χ4v) is 7.31. The van der Waals surface area contributed by atoms with Crippen molar-refractivity contribution < 1.29 is 15.7 Å². The molecule has 0 fully saturated rings. The summed E-state index contributed by atoms with van der Waals surface area (Å²) in [6.45, 7) is 0. The lowest BCUT2D eigenvalue weighted by atomic mass is 9.99. The first-order valence-electron chi connectivity index (χ1n) is 19.0. The van der Waals surface area contributed by atoms with Gasteiger partial charge in [-0.3, -0.25) is 4.57 Å². The average Bonchev–Trinajstić information content (AvgIpc) is 3.92. The van der Waals surface area contributed by atoms with Gasteiger partial charge in [-0.1, -0.05) is 121 Å². The van der Waals surface area contributed by atoms with Gasteiger partial charge in [0.1, 0.15) is 22.3 Å². The number of furan rings is 2. The van der Waals surface area contributed by atoms with Crippen LogP contribution in [0.5, 0.6) is 0 Å². The first kappa shape index (κ1) is 23.3. The molecule has 6 heteroatoms. The minimum absolute atomic E-state index is 0.118. The quantitative estimate of drug-likeness (QED) is 0.188. The lowest BCUT2D eigenvalue weighted by molar-refractivity contribution is 0.669. The van der Waals surface area contributed by atoms with Gasteiger partial charge in [0.2, 0.25) is 5.95 Å². The Labute approximate surface area is 297 Å². The number of aromatic nitrogens is 4. The lowest BCUT2D eigenvalue weighted by Gasteiger charge is -2.11. The molecule has 4 aromatic heterocycles. The molecule has 0 bridgehead atoms. The Balaban J connectivity index is 1.17. The van der Waals surface area contributed by atoms with Gasteiger partial charge >= 0.3 is 0 Å². The summed E-state index contributed by atoms with van der Waals surface area (Å²) < 4.78 is 57.1. The van der Waals surface area contributed by atoms with E-state index in [1.807, 2.05) is 84.9 Å². The fourth-order valence-electron chi connectivity index (χ4n) is 7.31. The van der Waals surface area contributed by atoms with Crippen molar-refractivity contribution in [2.75, 3.05) is 0 Å². The molecule has 238 valence electrons. The van der Waals surface area contributed by atoms with Crippen molar-refractivity contribution >= 4 is 65.7 Å². The van der Waals surface area contributed by atoms with Crippen LogP contribution in [0.3, 0.4) is 0 Å². The topological polar surface area (TPSA) is 69.9 Å². The van der Waals surface area contributed by atoms with Crippen molar-refractivity contribution in [1.29, 1.82) is 0 Å². The highest BCUT2D eigenvalue weighted by atomic mass is 16.3. The summed E-state index contributed by atoms with van der Waals surface area (Å²) in [5.74, 6) is 1.33. The van der Waals surface area contributed by atoms with Crippen molar-refractivity contribution in [3.63, 3.8) is 0 Å². The normalized spacial score (nSPS) is 13.3. The second-order valence-corrected chi connectivity index (χ2v) is 12.4. The number of para-hydroxylation sites is 2. The Kier molecular flexibility index (Phi) is 4.91. The van der Waals surface area contributed by atoms with Crippen molar-refractivity contribution in [2.45, 2.75) is 0 Å². The summed E-state index contributed by atoms with van der Waals surface area (Å²) in [6.07, 6.45) is 0. The third-order valence-corrected chi connectivity index (χ3v) is 9.56. The molecule has 0 atom stereocenters. The highest BCUT2D eigenvalue weighted by molar-refractivity contribution is 6.21. The number of nitrogens with zero attached hydrogens (tertiary/aromatic N) is 4. The maximum atomic E-state index is 8.67. The monoisotopic (exact) mass is 659 g/mol. The third kappa shape index (κ3) is 4.20. The summed E-state index contributed by atoms with van der Waals surface area (Å²) in [7, 11) is 0. The van der Waals surface area contributed by atoms with Crippen LogP contribution in [0.25, 0.3) is 106 Å². The van der Waals surface area contributed by atoms with Gasteiger partial charge in [-0.05, 0) is 47.5 Å². The molecule has 11 rings (SSSR count). The van der Waals surface area contributed by atoms with Gasteiger partial charge in [-0.2, -0.15) is 9.97 Å². The molecular weight excluding hydrogens is 629 g/mol. The Morgan fingerprint density at radius 1 is 0.490 bits per heavy atom. The van der Waals surface area contributed by atoms with Gasteiger partial charge < -0.3 is 8.83 Å². The zero-order valence-electron chi connectivity index (χ0n) is 31.7. The predicted molar refractivity (Wildman–Crippen MR) is 205 cm³/mol. The molecule has 0 N–H and O–H groups in total. The SMILES string of the molecule is [2H]c1c([2H])c([2H])c(-c2cccc3oc4cc(-c5nc(-c6ccccc6)nc(-n6c7ccccc7c7ccc8c9ccccc9oc8c76)n5)ccc4c23)c([2H])c1[2H]. The molecule has 0 unspecified atom stereocenters. The molecule has 11 aromatic rings. The second-order valence-electron chi connectivity index (χ2n) is 12.4. The highest BCUT2D eigenvalue weighted by Gasteiger charge is 2.22. The summed E-state index contributed by atoms with van der Waals surface area (Å²) >= 11 is 0. The molecule has 0 saturated heterocycles. The maximum Gasteiger partial charge on any atom is 0.238 e. The Bertz CT molecular complexity index is 3420. The van der Waals surface area contributed by atoms with Crippen LogP contribution in [0.4, 0.5) is 0 Å². The first-order valence-corrected chi connectivity index (χ1v) is 16.5. The average molecular weight is 660 g/mol. The Hall–Kier alpha value is -7.05. The van der Waals surface area contributed by atoms with E-state index in [2.05, 4.69) is 34.9 Å². The zero-order valence-corrected chi connectivity index (χ0v) is 26.7. The minimum atomic E-state index is -0.438. The largest absolute Gasteiger partial charge is 0.456 e. The number of hydrogen-bond acceptors (Lipinski definition) is 5. The molecule has 51 heavy (non-hydrogen) atoms. The zero-order chi connectivity index (χ0) is 37.8. The second kappa shape index (κ2) is 10.7. The number of fused-ring (bicyclic) bond motifs is 10. The van der Waals surface area contributed by atoms with E-state index in [4.69, 9.17) is 30.6 Å². The van der Waals surface area contributed by atoms with E-state index in [0.717, 1.165) is 54.7 Å². The van der Waals surface area contributed by atoms with Gasteiger partial charge in [0.25, 0.3) is 0 Å². The lowest BCUT2D eigenvalue weighted by Crippen LogP contribution is -2.06. The molecule has 6 nitrogen and oxygen atoms in total. The van der Waals surface area contributed by atoms with Crippen molar-refractivity contribution in [3.8, 4) is 39.9 Å². The molecule has 0 saturated carbocycles. The van der Waals surface area contributed by atoms with Crippen LogP contribution >= 0.6 is 0 Å². The molecule has 0 aliphatic heterocycles. The first-order chi connectivity index (χ1) is 27.4. The standard InChI is InChI=1S/C45H26N4O2/c1-3-12-27(13-4-1)30-18-11-21-38-40(30)35-23-22-29(26-39(35)50-38)44-46-43(28-14-5-2-6-15-28)47-45(48-44)49-36-19-9-7-16-31(36)33-24-25-34-32-17-8-10-20-37(32)51-42(34)41(33)49/h1-26H/i1D,3D,4D,12D,13D. The molecular formula is C45H26N4O2. The molecule has 0 spiro atoms. The molecule has 0 amide bonds. The van der Waals surface area contributed by atoms with Crippen LogP contribution in [0.15, 0.2) is 166 Å². The van der Waals surface area contributed by atoms with Crippen LogP contribution in [0.1, 0.15) is 6.85 Å². The van der Waals surface area contributed by atoms with Crippen LogP contribution in [0.2, 0.25) is 0 Å². The van der Waals surface area contributed by atoms with Crippen molar-refractivity contribution in [3.05, 3.63) is 158 Å². The van der Waals surface area contributed by atoms with E-state index in [9.17, 15) is 0 Å². The molecule has 0 aliphatic rings. The summed E-state index contributed by atoms with van der Waals surface area (Å²) in [6, 6.07) is 39.5. The number of hydrogen-bond donors (Lipinski definition) is 0. The molecule has 7 aromatic carbocycles. The van der Waals surface area contributed by atoms with Gasteiger partial charge in [-0.15, -0.1) is 0 Å². The van der Waals surface area contributed by atoms with E-state index in [1.165, 1.54) is 0 Å². The van der Waals surface area contributed by atoms with Crippen molar-refractivity contribution in [1.82, 2.24) is 19.5 Å². The summed E-state index contributed by atoms with van der Waals surface area (Å²) in [5.41, 5.74) is 6.45. The van der Waals surface area contributed by atoms with Crippen LogP contribution in [-0.4, -0.2) is 19.5 Å².